The number of aryl methyl sites for hydroxylation is 1. The van der Waals surface area contributed by atoms with Crippen LogP contribution in [0.25, 0.3) is 11.0 Å². The fourth-order valence-electron chi connectivity index (χ4n) is 4.63. The van der Waals surface area contributed by atoms with E-state index in [0.717, 1.165) is 50.7 Å². The zero-order valence-electron chi connectivity index (χ0n) is 17.3. The summed E-state index contributed by atoms with van der Waals surface area (Å²) in [6.07, 6.45) is 8.75. The molecule has 5 rings (SSSR count). The summed E-state index contributed by atoms with van der Waals surface area (Å²) in [5, 5.41) is 1.24. The second-order valence-electron chi connectivity index (χ2n) is 8.28. The molecule has 0 aliphatic carbocycles. The molecule has 2 fully saturated rings. The van der Waals surface area contributed by atoms with E-state index in [0.29, 0.717) is 0 Å². The summed E-state index contributed by atoms with van der Waals surface area (Å²) in [7, 11) is 0. The standard InChI is InChI=1S/C23H30N6/c1-19-6-8-24-18-21(19)27-14-16-28(17-15-27)22-5-4-20-7-11-29(23(20)25-22)13-12-26-9-2-3-10-26/h4-8,11,18H,2-3,9-10,12-17H2,1H3. The van der Waals surface area contributed by atoms with E-state index in [-0.39, 0.29) is 0 Å². The van der Waals surface area contributed by atoms with E-state index in [1.165, 1.54) is 42.6 Å². The number of hydrogen-bond acceptors (Lipinski definition) is 5. The molecular formula is C23H30N6. The van der Waals surface area contributed by atoms with Crippen LogP contribution in [0, 0.1) is 6.92 Å². The lowest BCUT2D eigenvalue weighted by Gasteiger charge is -2.37. The van der Waals surface area contributed by atoms with Gasteiger partial charge < -0.3 is 19.3 Å². The minimum Gasteiger partial charge on any atom is -0.367 e. The zero-order valence-corrected chi connectivity index (χ0v) is 17.3. The van der Waals surface area contributed by atoms with Crippen molar-refractivity contribution in [3.63, 3.8) is 0 Å². The molecule has 0 radical (unpaired) electrons. The van der Waals surface area contributed by atoms with Gasteiger partial charge in [-0.15, -0.1) is 0 Å². The highest BCUT2D eigenvalue weighted by atomic mass is 15.3. The van der Waals surface area contributed by atoms with Crippen LogP contribution in [0.5, 0.6) is 0 Å². The van der Waals surface area contributed by atoms with Crippen molar-refractivity contribution in [2.45, 2.75) is 26.3 Å². The van der Waals surface area contributed by atoms with E-state index in [1.54, 1.807) is 0 Å². The third kappa shape index (κ3) is 3.81. The van der Waals surface area contributed by atoms with E-state index in [4.69, 9.17) is 4.98 Å². The van der Waals surface area contributed by atoms with Gasteiger partial charge in [0.25, 0.3) is 0 Å². The van der Waals surface area contributed by atoms with Gasteiger partial charge in [-0.3, -0.25) is 4.98 Å². The number of piperazine rings is 1. The molecule has 0 spiro atoms. The first-order chi connectivity index (χ1) is 14.3. The summed E-state index contributed by atoms with van der Waals surface area (Å²) in [5.41, 5.74) is 3.67. The molecular weight excluding hydrogens is 360 g/mol. The molecule has 2 saturated heterocycles. The largest absolute Gasteiger partial charge is 0.367 e. The third-order valence-corrected chi connectivity index (χ3v) is 6.41. The van der Waals surface area contributed by atoms with Gasteiger partial charge >= 0.3 is 0 Å². The fourth-order valence-corrected chi connectivity index (χ4v) is 4.63. The Bertz CT molecular complexity index is 966. The van der Waals surface area contributed by atoms with Crippen LogP contribution >= 0.6 is 0 Å². The average Bonchev–Trinajstić information content (AvgIpc) is 3.42. The van der Waals surface area contributed by atoms with Crippen molar-refractivity contribution in [3.8, 4) is 0 Å². The topological polar surface area (TPSA) is 40.4 Å². The molecule has 0 unspecified atom stereocenters. The monoisotopic (exact) mass is 390 g/mol. The molecule has 0 saturated carbocycles. The molecule has 0 aromatic carbocycles. The molecule has 3 aromatic heterocycles. The Kier molecular flexibility index (Phi) is 5.10. The maximum absolute atomic E-state index is 5.06. The van der Waals surface area contributed by atoms with Gasteiger partial charge in [0.1, 0.15) is 11.5 Å². The van der Waals surface area contributed by atoms with Gasteiger partial charge in [0.15, 0.2) is 0 Å². The first-order valence-corrected chi connectivity index (χ1v) is 10.9. The van der Waals surface area contributed by atoms with Crippen molar-refractivity contribution in [1.82, 2.24) is 19.4 Å². The predicted octanol–water partition coefficient (Wildman–Crippen LogP) is 3.16. The predicted molar refractivity (Wildman–Crippen MR) is 119 cm³/mol. The molecule has 6 nitrogen and oxygen atoms in total. The zero-order chi connectivity index (χ0) is 19.6. The van der Waals surface area contributed by atoms with Crippen LogP contribution in [0.15, 0.2) is 42.9 Å². The highest BCUT2D eigenvalue weighted by Gasteiger charge is 2.20. The molecule has 0 N–H and O–H groups in total. The Labute approximate surface area is 172 Å². The summed E-state index contributed by atoms with van der Waals surface area (Å²) in [6, 6.07) is 8.69. The first-order valence-electron chi connectivity index (χ1n) is 10.9. The number of aromatic nitrogens is 3. The molecule has 6 heteroatoms. The number of nitrogens with zero attached hydrogens (tertiary/aromatic N) is 6. The third-order valence-electron chi connectivity index (χ3n) is 6.41. The van der Waals surface area contributed by atoms with Crippen LogP contribution in [0.3, 0.4) is 0 Å². The molecule has 2 aliphatic rings. The fraction of sp³-hybridized carbons (Fsp3) is 0.478. The first kappa shape index (κ1) is 18.4. The van der Waals surface area contributed by atoms with Gasteiger partial charge in [-0.2, -0.15) is 0 Å². The van der Waals surface area contributed by atoms with Crippen LogP contribution in [0.1, 0.15) is 18.4 Å². The Morgan fingerprint density at radius 3 is 2.45 bits per heavy atom. The van der Waals surface area contributed by atoms with Crippen molar-refractivity contribution in [1.29, 1.82) is 0 Å². The van der Waals surface area contributed by atoms with E-state index < -0.39 is 0 Å². The Balaban J connectivity index is 1.28. The van der Waals surface area contributed by atoms with Gasteiger partial charge in [-0.05, 0) is 62.7 Å². The maximum atomic E-state index is 5.06. The average molecular weight is 391 g/mol. The minimum absolute atomic E-state index is 0.987. The summed E-state index contributed by atoms with van der Waals surface area (Å²) < 4.78 is 2.33. The van der Waals surface area contributed by atoms with Crippen LogP contribution in [0.4, 0.5) is 11.5 Å². The summed E-state index contributed by atoms with van der Waals surface area (Å²) >= 11 is 0. The van der Waals surface area contributed by atoms with Crippen molar-refractivity contribution >= 4 is 22.5 Å². The van der Waals surface area contributed by atoms with Crippen LogP contribution in [0.2, 0.25) is 0 Å². The van der Waals surface area contributed by atoms with Crippen LogP contribution in [-0.2, 0) is 6.54 Å². The summed E-state index contributed by atoms with van der Waals surface area (Å²) in [5.74, 6) is 1.10. The second kappa shape index (κ2) is 8.03. The smallest absolute Gasteiger partial charge is 0.142 e. The molecule has 2 aliphatic heterocycles. The lowest BCUT2D eigenvalue weighted by molar-refractivity contribution is 0.324. The summed E-state index contributed by atoms with van der Waals surface area (Å²) in [6.45, 7) is 10.8. The van der Waals surface area contributed by atoms with Crippen LogP contribution < -0.4 is 9.80 Å². The number of rotatable bonds is 5. The SMILES string of the molecule is Cc1ccncc1N1CCN(c2ccc3ccn(CCN4CCCC4)c3n2)CC1. The van der Waals surface area contributed by atoms with E-state index in [2.05, 4.69) is 61.6 Å². The lowest BCUT2D eigenvalue weighted by atomic mass is 10.2. The number of hydrogen-bond donors (Lipinski definition) is 0. The normalized spacial score (nSPS) is 18.1. The number of fused-ring (bicyclic) bond motifs is 1. The van der Waals surface area contributed by atoms with Gasteiger partial charge in [0.2, 0.25) is 0 Å². The van der Waals surface area contributed by atoms with Gasteiger partial charge in [-0.25, -0.2) is 4.98 Å². The molecule has 0 amide bonds. The molecule has 29 heavy (non-hydrogen) atoms. The Hall–Kier alpha value is -2.60. The van der Waals surface area contributed by atoms with E-state index >= 15 is 0 Å². The molecule has 152 valence electrons. The van der Waals surface area contributed by atoms with Crippen molar-refractivity contribution in [2.24, 2.45) is 0 Å². The van der Waals surface area contributed by atoms with Gasteiger partial charge in [0.05, 0.1) is 11.9 Å². The number of likely N-dealkylation sites (tertiary alicyclic amines) is 1. The number of anilines is 2. The lowest BCUT2D eigenvalue weighted by Crippen LogP contribution is -2.47. The minimum atomic E-state index is 0.987. The Morgan fingerprint density at radius 1 is 0.862 bits per heavy atom. The molecule has 5 heterocycles. The highest BCUT2D eigenvalue weighted by Crippen LogP contribution is 2.24. The van der Waals surface area contributed by atoms with Crippen molar-refractivity contribution in [3.05, 3.63) is 48.4 Å². The van der Waals surface area contributed by atoms with Gasteiger partial charge in [0, 0.05) is 57.0 Å². The van der Waals surface area contributed by atoms with E-state index in [1.807, 2.05) is 12.4 Å². The van der Waals surface area contributed by atoms with Gasteiger partial charge in [-0.1, -0.05) is 0 Å². The molecule has 3 aromatic rings. The van der Waals surface area contributed by atoms with Crippen molar-refractivity contribution < 1.29 is 0 Å². The van der Waals surface area contributed by atoms with E-state index in [9.17, 15) is 0 Å². The van der Waals surface area contributed by atoms with Crippen LogP contribution in [-0.4, -0.2) is 65.2 Å². The second-order valence-corrected chi connectivity index (χ2v) is 8.28. The molecule has 0 atom stereocenters. The number of pyridine rings is 2. The maximum Gasteiger partial charge on any atom is 0.142 e. The summed E-state index contributed by atoms with van der Waals surface area (Å²) in [4.78, 5) is 16.8. The molecule has 0 bridgehead atoms. The Morgan fingerprint density at radius 2 is 1.66 bits per heavy atom. The van der Waals surface area contributed by atoms with Crippen molar-refractivity contribution in [2.75, 3.05) is 55.6 Å². The highest BCUT2D eigenvalue weighted by molar-refractivity contribution is 5.78. The quantitative estimate of drug-likeness (QED) is 0.669.